The third-order valence-electron chi connectivity index (χ3n) is 4.73. The highest BCUT2D eigenvalue weighted by Crippen LogP contribution is 2.29. The molecule has 1 atom stereocenters. The Bertz CT molecular complexity index is 977. The lowest BCUT2D eigenvalue weighted by molar-refractivity contribution is 0.627. The van der Waals surface area contributed by atoms with Crippen molar-refractivity contribution in [1.29, 1.82) is 0 Å². The van der Waals surface area contributed by atoms with Crippen LogP contribution in [-0.2, 0) is 0 Å². The number of anilines is 2. The van der Waals surface area contributed by atoms with Crippen LogP contribution in [0.1, 0.15) is 12.1 Å². The molecular formula is C20H18ClF2N3. The first kappa shape index (κ1) is 17.0. The van der Waals surface area contributed by atoms with Gasteiger partial charge in [-0.3, -0.25) is 0 Å². The van der Waals surface area contributed by atoms with Crippen LogP contribution in [0, 0.1) is 18.6 Å². The molecule has 0 spiro atoms. The summed E-state index contributed by atoms with van der Waals surface area (Å²) < 4.78 is 27.8. The molecule has 134 valence electrons. The van der Waals surface area contributed by atoms with Gasteiger partial charge in [0.1, 0.15) is 17.2 Å². The molecule has 0 bridgehead atoms. The topological polar surface area (TPSA) is 28.2 Å². The molecule has 2 aromatic carbocycles. The first-order valence-electron chi connectivity index (χ1n) is 8.53. The zero-order chi connectivity index (χ0) is 18.3. The van der Waals surface area contributed by atoms with Crippen LogP contribution in [0.4, 0.5) is 20.2 Å². The van der Waals surface area contributed by atoms with Gasteiger partial charge >= 0.3 is 0 Å². The van der Waals surface area contributed by atoms with Crippen LogP contribution in [0.3, 0.4) is 0 Å². The second kappa shape index (κ2) is 6.72. The van der Waals surface area contributed by atoms with E-state index in [2.05, 4.69) is 15.2 Å². The summed E-state index contributed by atoms with van der Waals surface area (Å²) in [5.74, 6) is -0.731. The third-order valence-corrected chi connectivity index (χ3v) is 5.04. The summed E-state index contributed by atoms with van der Waals surface area (Å²) in [5.41, 5.74) is 2.84. The van der Waals surface area contributed by atoms with E-state index in [0.717, 1.165) is 42.0 Å². The fourth-order valence-electron chi connectivity index (χ4n) is 3.48. The number of benzene rings is 2. The molecule has 1 fully saturated rings. The first-order valence-corrected chi connectivity index (χ1v) is 8.91. The van der Waals surface area contributed by atoms with E-state index in [4.69, 9.17) is 11.6 Å². The highest BCUT2D eigenvalue weighted by molar-refractivity contribution is 6.30. The van der Waals surface area contributed by atoms with Crippen LogP contribution >= 0.6 is 11.6 Å². The number of halogens is 3. The number of pyridine rings is 1. The minimum Gasteiger partial charge on any atom is -0.380 e. The van der Waals surface area contributed by atoms with E-state index in [0.29, 0.717) is 5.52 Å². The second-order valence-corrected chi connectivity index (χ2v) is 7.03. The highest BCUT2D eigenvalue weighted by Gasteiger charge is 2.24. The Morgan fingerprint density at radius 3 is 2.81 bits per heavy atom. The van der Waals surface area contributed by atoms with Crippen LogP contribution in [-0.4, -0.2) is 24.1 Å². The third kappa shape index (κ3) is 3.19. The van der Waals surface area contributed by atoms with Crippen molar-refractivity contribution in [3.05, 3.63) is 64.8 Å². The van der Waals surface area contributed by atoms with Crippen LogP contribution < -0.4 is 10.2 Å². The van der Waals surface area contributed by atoms with Crippen LogP contribution in [0.15, 0.2) is 42.5 Å². The van der Waals surface area contributed by atoms with Crippen molar-refractivity contribution in [3.63, 3.8) is 0 Å². The van der Waals surface area contributed by atoms with Crippen molar-refractivity contribution >= 4 is 33.9 Å². The molecule has 1 unspecified atom stereocenters. The molecule has 1 N–H and O–H groups in total. The number of rotatable bonds is 3. The van der Waals surface area contributed by atoms with Gasteiger partial charge in [0.2, 0.25) is 0 Å². The van der Waals surface area contributed by atoms with Crippen molar-refractivity contribution in [2.45, 2.75) is 19.4 Å². The predicted molar refractivity (Wildman–Crippen MR) is 102 cm³/mol. The number of hydrogen-bond acceptors (Lipinski definition) is 3. The maximum absolute atomic E-state index is 14.1. The number of aromatic nitrogens is 1. The zero-order valence-corrected chi connectivity index (χ0v) is 15.0. The Hall–Kier alpha value is -2.40. The number of nitrogens with one attached hydrogen (secondary N) is 1. The van der Waals surface area contributed by atoms with Gasteiger partial charge in [-0.05, 0) is 43.7 Å². The summed E-state index contributed by atoms with van der Waals surface area (Å²) in [6.07, 6.45) is 0.905. The van der Waals surface area contributed by atoms with E-state index in [-0.39, 0.29) is 16.9 Å². The Kier molecular flexibility index (Phi) is 4.41. The van der Waals surface area contributed by atoms with Gasteiger partial charge in [-0.1, -0.05) is 23.7 Å². The zero-order valence-electron chi connectivity index (χ0n) is 14.3. The van der Waals surface area contributed by atoms with Crippen molar-refractivity contribution < 1.29 is 8.78 Å². The average molecular weight is 374 g/mol. The molecule has 0 aliphatic carbocycles. The molecule has 2 heterocycles. The number of para-hydroxylation sites is 1. The second-order valence-electron chi connectivity index (χ2n) is 6.62. The molecule has 26 heavy (non-hydrogen) atoms. The predicted octanol–water partition coefficient (Wildman–Crippen LogP) is 5.17. The lowest BCUT2D eigenvalue weighted by Crippen LogP contribution is -2.26. The summed E-state index contributed by atoms with van der Waals surface area (Å²) in [6, 6.07) is 12.0. The van der Waals surface area contributed by atoms with Gasteiger partial charge in [-0.15, -0.1) is 0 Å². The largest absolute Gasteiger partial charge is 0.380 e. The van der Waals surface area contributed by atoms with E-state index >= 15 is 0 Å². The smallest absolute Gasteiger partial charge is 0.149 e. The summed E-state index contributed by atoms with van der Waals surface area (Å²) in [6.45, 7) is 3.41. The molecule has 1 saturated heterocycles. The Balaban J connectivity index is 1.56. The highest BCUT2D eigenvalue weighted by atomic mass is 35.5. The maximum Gasteiger partial charge on any atom is 0.149 e. The lowest BCUT2D eigenvalue weighted by Gasteiger charge is -2.20. The summed E-state index contributed by atoms with van der Waals surface area (Å²) in [5, 5.41) is 4.41. The summed E-state index contributed by atoms with van der Waals surface area (Å²) in [7, 11) is 0. The van der Waals surface area contributed by atoms with Crippen molar-refractivity contribution in [2.75, 3.05) is 23.3 Å². The van der Waals surface area contributed by atoms with E-state index in [1.165, 1.54) is 12.1 Å². The number of nitrogens with zero attached hydrogens (tertiary/aromatic N) is 2. The molecule has 1 aliphatic rings. The minimum atomic E-state index is -0.410. The maximum atomic E-state index is 14.1. The molecule has 0 radical (unpaired) electrons. The molecule has 1 aromatic heterocycles. The lowest BCUT2D eigenvalue weighted by atomic mass is 10.1. The number of aryl methyl sites for hydroxylation is 1. The van der Waals surface area contributed by atoms with Crippen LogP contribution in [0.25, 0.3) is 10.9 Å². The Morgan fingerprint density at radius 2 is 2.00 bits per heavy atom. The Morgan fingerprint density at radius 1 is 1.15 bits per heavy atom. The van der Waals surface area contributed by atoms with Gasteiger partial charge in [0, 0.05) is 41.6 Å². The fraction of sp³-hybridized carbons (Fsp3) is 0.250. The van der Waals surface area contributed by atoms with Crippen molar-refractivity contribution in [3.8, 4) is 0 Å². The summed E-state index contributed by atoms with van der Waals surface area (Å²) in [4.78, 5) is 6.43. The van der Waals surface area contributed by atoms with Crippen molar-refractivity contribution in [1.82, 2.24) is 4.98 Å². The molecular weight excluding hydrogens is 356 g/mol. The molecule has 1 aliphatic heterocycles. The van der Waals surface area contributed by atoms with E-state index in [1.54, 1.807) is 12.1 Å². The summed E-state index contributed by atoms with van der Waals surface area (Å²) >= 11 is 5.76. The molecule has 3 aromatic rings. The molecule has 6 heteroatoms. The number of hydrogen-bond donors (Lipinski definition) is 1. The minimum absolute atomic E-state index is 0.128. The van der Waals surface area contributed by atoms with Gasteiger partial charge in [-0.2, -0.15) is 0 Å². The standard InChI is InChI=1S/C20H18ClF2N3/c1-12-9-19(15-3-2-4-17(22)20(15)24-12)25-13-7-8-26(11-13)14-5-6-16(21)18(23)10-14/h2-6,9-10,13H,7-8,11H2,1H3,(H,24,25). The van der Waals surface area contributed by atoms with Crippen LogP contribution in [0.5, 0.6) is 0 Å². The first-order chi connectivity index (χ1) is 12.5. The van der Waals surface area contributed by atoms with E-state index in [1.807, 2.05) is 25.1 Å². The monoisotopic (exact) mass is 373 g/mol. The molecule has 4 rings (SSSR count). The molecule has 0 saturated carbocycles. The van der Waals surface area contributed by atoms with Gasteiger partial charge in [-0.25, -0.2) is 13.8 Å². The van der Waals surface area contributed by atoms with Crippen LogP contribution in [0.2, 0.25) is 5.02 Å². The fourth-order valence-corrected chi connectivity index (χ4v) is 3.59. The SMILES string of the molecule is Cc1cc(NC2CCN(c3ccc(Cl)c(F)c3)C2)c2cccc(F)c2n1. The van der Waals surface area contributed by atoms with Gasteiger partial charge in [0.15, 0.2) is 0 Å². The molecule has 0 amide bonds. The van der Waals surface area contributed by atoms with Gasteiger partial charge in [0.25, 0.3) is 0 Å². The van der Waals surface area contributed by atoms with Gasteiger partial charge in [0.05, 0.1) is 5.02 Å². The quantitative estimate of drug-likeness (QED) is 0.686. The molecule has 3 nitrogen and oxygen atoms in total. The van der Waals surface area contributed by atoms with Gasteiger partial charge < -0.3 is 10.2 Å². The van der Waals surface area contributed by atoms with E-state index in [9.17, 15) is 8.78 Å². The number of fused-ring (bicyclic) bond motifs is 1. The van der Waals surface area contributed by atoms with E-state index < -0.39 is 5.82 Å². The average Bonchev–Trinajstić information content (AvgIpc) is 3.07. The Labute approximate surface area is 155 Å². The normalized spacial score (nSPS) is 17.1. The van der Waals surface area contributed by atoms with Crippen molar-refractivity contribution in [2.24, 2.45) is 0 Å².